The van der Waals surface area contributed by atoms with Crippen LogP contribution in [0.3, 0.4) is 0 Å². The van der Waals surface area contributed by atoms with E-state index in [9.17, 15) is 19.2 Å². The fourth-order valence-corrected chi connectivity index (χ4v) is 5.90. The number of nitrogens with one attached hydrogen (secondary N) is 2. The number of primary amides is 1. The Balaban J connectivity index is 1.42. The average Bonchev–Trinajstić information content (AvgIpc) is 3.55. The van der Waals surface area contributed by atoms with Crippen molar-refractivity contribution in [2.45, 2.75) is 37.9 Å². The smallest absolute Gasteiger partial charge is 0.250 e. The van der Waals surface area contributed by atoms with Crippen molar-refractivity contribution in [2.75, 3.05) is 12.1 Å². The van der Waals surface area contributed by atoms with Crippen molar-refractivity contribution in [1.29, 1.82) is 0 Å². The summed E-state index contributed by atoms with van der Waals surface area (Å²) >= 11 is 0. The van der Waals surface area contributed by atoms with Gasteiger partial charge in [-0.15, -0.1) is 0 Å². The number of anilines is 1. The molecule has 0 saturated carbocycles. The van der Waals surface area contributed by atoms with Gasteiger partial charge in [-0.05, 0) is 35.7 Å². The van der Waals surface area contributed by atoms with Gasteiger partial charge in [-0.1, -0.05) is 25.1 Å². The first kappa shape index (κ1) is 21.6. The number of carbonyl (C=O) groups excluding carboxylic acids is 4. The molecule has 4 aliphatic heterocycles. The first-order chi connectivity index (χ1) is 16.8. The summed E-state index contributed by atoms with van der Waals surface area (Å²) in [6.07, 6.45) is 0.565. The Labute approximate surface area is 200 Å². The van der Waals surface area contributed by atoms with Crippen LogP contribution in [0, 0.1) is 11.8 Å². The summed E-state index contributed by atoms with van der Waals surface area (Å²) in [4.78, 5) is 54.0. The SMILES string of the molecule is CCc1ccc2c(c1)[C@]1(N[C@@H](CC(N)=O)[C@H]3C(=O)N(Cc4ccc5c(c4)OCO5)C(=O)[C@H]31)C(=O)N2. The fraction of sp³-hybridized carbons (Fsp3) is 0.360. The zero-order valence-electron chi connectivity index (χ0n) is 19.0. The van der Waals surface area contributed by atoms with E-state index in [2.05, 4.69) is 10.6 Å². The Hall–Kier alpha value is -3.92. The molecule has 4 N–H and O–H groups in total. The molecule has 0 bridgehead atoms. The molecular formula is C25H24N4O6. The number of carbonyl (C=O) groups is 4. The van der Waals surface area contributed by atoms with Crippen LogP contribution >= 0.6 is 0 Å². The van der Waals surface area contributed by atoms with Gasteiger partial charge in [0, 0.05) is 23.7 Å². The third-order valence-electron chi connectivity index (χ3n) is 7.48. The molecule has 10 nitrogen and oxygen atoms in total. The van der Waals surface area contributed by atoms with Gasteiger partial charge in [0.15, 0.2) is 11.5 Å². The predicted octanol–water partition coefficient (Wildman–Crippen LogP) is 0.774. The normalized spacial score (nSPS) is 28.0. The first-order valence-electron chi connectivity index (χ1n) is 11.6. The fourth-order valence-electron chi connectivity index (χ4n) is 5.90. The van der Waals surface area contributed by atoms with Crippen LogP contribution in [-0.2, 0) is 37.7 Å². The second-order valence-electron chi connectivity index (χ2n) is 9.37. The second kappa shape index (κ2) is 7.54. The Kier molecular flexibility index (Phi) is 4.65. The largest absolute Gasteiger partial charge is 0.454 e. The van der Waals surface area contributed by atoms with Crippen molar-refractivity contribution in [3.8, 4) is 11.5 Å². The van der Waals surface area contributed by atoms with Gasteiger partial charge in [0.1, 0.15) is 5.54 Å². The number of likely N-dealkylation sites (tertiary alicyclic amines) is 1. The topological polar surface area (TPSA) is 140 Å². The highest BCUT2D eigenvalue weighted by Gasteiger charge is 2.70. The van der Waals surface area contributed by atoms with E-state index in [0.29, 0.717) is 28.3 Å². The van der Waals surface area contributed by atoms with E-state index < -0.39 is 47.0 Å². The summed E-state index contributed by atoms with van der Waals surface area (Å²) in [5, 5.41) is 6.08. The molecule has 2 fully saturated rings. The van der Waals surface area contributed by atoms with Crippen LogP contribution in [0.1, 0.15) is 30.0 Å². The molecule has 180 valence electrons. The lowest BCUT2D eigenvalue weighted by atomic mass is 9.76. The monoisotopic (exact) mass is 476 g/mol. The van der Waals surface area contributed by atoms with Gasteiger partial charge in [0.2, 0.25) is 30.4 Å². The van der Waals surface area contributed by atoms with Crippen LogP contribution in [0.5, 0.6) is 11.5 Å². The van der Waals surface area contributed by atoms with Gasteiger partial charge in [0.05, 0.1) is 18.4 Å². The lowest BCUT2D eigenvalue weighted by Crippen LogP contribution is -2.53. The number of nitrogens with two attached hydrogens (primary N) is 1. The van der Waals surface area contributed by atoms with Crippen molar-refractivity contribution in [3.63, 3.8) is 0 Å². The zero-order chi connectivity index (χ0) is 24.5. The summed E-state index contributed by atoms with van der Waals surface area (Å²) in [5.74, 6) is -2.67. The van der Waals surface area contributed by atoms with E-state index in [0.717, 1.165) is 12.0 Å². The molecular weight excluding hydrogens is 452 g/mol. The van der Waals surface area contributed by atoms with Crippen LogP contribution in [0.25, 0.3) is 0 Å². The number of amides is 4. The molecule has 4 aliphatic rings. The molecule has 0 unspecified atom stereocenters. The average molecular weight is 476 g/mol. The molecule has 0 aliphatic carbocycles. The molecule has 0 radical (unpaired) electrons. The molecule has 2 aromatic carbocycles. The zero-order valence-corrected chi connectivity index (χ0v) is 19.0. The number of ether oxygens (including phenoxy) is 2. The number of nitrogens with zero attached hydrogens (tertiary/aromatic N) is 1. The number of rotatable bonds is 5. The second-order valence-corrected chi connectivity index (χ2v) is 9.37. The van der Waals surface area contributed by atoms with Crippen molar-refractivity contribution >= 4 is 29.3 Å². The number of hydrogen-bond donors (Lipinski definition) is 3. The minimum atomic E-state index is -1.46. The highest BCUT2D eigenvalue weighted by molar-refractivity contribution is 6.15. The number of imide groups is 1. The number of hydrogen-bond acceptors (Lipinski definition) is 7. The van der Waals surface area contributed by atoms with Crippen LogP contribution in [-0.4, -0.2) is 41.4 Å². The summed E-state index contributed by atoms with van der Waals surface area (Å²) in [5.41, 5.74) is 6.93. The van der Waals surface area contributed by atoms with Gasteiger partial charge in [-0.2, -0.15) is 0 Å². The van der Waals surface area contributed by atoms with Gasteiger partial charge in [-0.25, -0.2) is 0 Å². The van der Waals surface area contributed by atoms with Crippen LogP contribution in [0.15, 0.2) is 36.4 Å². The van der Waals surface area contributed by atoms with E-state index in [4.69, 9.17) is 15.2 Å². The molecule has 35 heavy (non-hydrogen) atoms. The molecule has 2 aromatic rings. The highest BCUT2D eigenvalue weighted by atomic mass is 16.7. The molecule has 4 atom stereocenters. The minimum Gasteiger partial charge on any atom is -0.454 e. The Morgan fingerprint density at radius 1 is 1.09 bits per heavy atom. The summed E-state index contributed by atoms with van der Waals surface area (Å²) < 4.78 is 10.8. The number of fused-ring (bicyclic) bond motifs is 5. The third-order valence-corrected chi connectivity index (χ3v) is 7.48. The van der Waals surface area contributed by atoms with Crippen molar-refractivity contribution < 1.29 is 28.7 Å². The van der Waals surface area contributed by atoms with Gasteiger partial charge in [0.25, 0.3) is 0 Å². The van der Waals surface area contributed by atoms with E-state index in [1.165, 1.54) is 4.90 Å². The molecule has 1 spiro atoms. The molecule has 10 heteroatoms. The van der Waals surface area contributed by atoms with Gasteiger partial charge < -0.3 is 20.5 Å². The van der Waals surface area contributed by atoms with Crippen LogP contribution < -0.4 is 25.8 Å². The Morgan fingerprint density at radius 3 is 2.63 bits per heavy atom. The summed E-state index contributed by atoms with van der Waals surface area (Å²) in [6, 6.07) is 10.1. The molecule has 6 rings (SSSR count). The van der Waals surface area contributed by atoms with E-state index >= 15 is 0 Å². The number of benzene rings is 2. The predicted molar refractivity (Wildman–Crippen MR) is 122 cm³/mol. The maximum Gasteiger partial charge on any atom is 0.250 e. The molecule has 4 heterocycles. The van der Waals surface area contributed by atoms with Crippen molar-refractivity contribution in [3.05, 3.63) is 53.1 Å². The quantitative estimate of drug-likeness (QED) is 0.542. The number of aryl methyl sites for hydroxylation is 1. The standard InChI is InChI=1S/C25H24N4O6/c1-2-12-3-5-15-14(7-12)25(24(33)27-15)21-20(16(28-25)9-19(26)30)22(31)29(23(21)32)10-13-4-6-17-18(8-13)35-11-34-17/h3-8,16,20-21,28H,2,9-11H2,1H3,(H2,26,30)(H,27,33)/t16-,20+,21-,25+/m0/s1. The van der Waals surface area contributed by atoms with E-state index in [1.54, 1.807) is 18.2 Å². The van der Waals surface area contributed by atoms with Crippen molar-refractivity contribution in [2.24, 2.45) is 17.6 Å². The lowest BCUT2D eigenvalue weighted by molar-refractivity contribution is -0.143. The third kappa shape index (κ3) is 2.99. The maximum atomic E-state index is 13.9. The summed E-state index contributed by atoms with van der Waals surface area (Å²) in [6.45, 7) is 2.13. The summed E-state index contributed by atoms with van der Waals surface area (Å²) in [7, 11) is 0. The minimum absolute atomic E-state index is 0.0180. The van der Waals surface area contributed by atoms with Crippen LogP contribution in [0.4, 0.5) is 5.69 Å². The highest BCUT2D eigenvalue weighted by Crippen LogP contribution is 2.53. The van der Waals surface area contributed by atoms with Gasteiger partial charge in [-0.3, -0.25) is 29.4 Å². The van der Waals surface area contributed by atoms with E-state index in [1.807, 2.05) is 25.1 Å². The van der Waals surface area contributed by atoms with Crippen molar-refractivity contribution in [1.82, 2.24) is 10.2 Å². The van der Waals surface area contributed by atoms with E-state index in [-0.39, 0.29) is 19.8 Å². The van der Waals surface area contributed by atoms with Gasteiger partial charge >= 0.3 is 0 Å². The molecule has 2 saturated heterocycles. The Morgan fingerprint density at radius 2 is 1.86 bits per heavy atom. The molecule has 0 aromatic heterocycles. The molecule has 4 amide bonds. The lowest BCUT2D eigenvalue weighted by Gasteiger charge is -2.29. The first-order valence-corrected chi connectivity index (χ1v) is 11.6. The Bertz CT molecular complexity index is 1310. The maximum absolute atomic E-state index is 13.9. The van der Waals surface area contributed by atoms with Crippen LogP contribution in [0.2, 0.25) is 0 Å².